The highest BCUT2D eigenvalue weighted by atomic mass is 16.1. The van der Waals surface area contributed by atoms with Crippen LogP contribution < -0.4 is 11.3 Å². The molecular weight excluding hydrogens is 278 g/mol. The molecule has 3 rings (SSSR count). The van der Waals surface area contributed by atoms with Crippen LogP contribution in [0.1, 0.15) is 24.0 Å². The van der Waals surface area contributed by atoms with Gasteiger partial charge in [-0.25, -0.2) is 0 Å². The molecule has 3 N–H and O–H groups in total. The normalized spacial score (nSPS) is 19.4. The Morgan fingerprint density at radius 2 is 2.23 bits per heavy atom. The number of benzene rings is 1. The number of pyridine rings is 1. The number of nitrogens with one attached hydrogen (secondary N) is 1. The Labute approximate surface area is 129 Å². The molecule has 1 aliphatic heterocycles. The minimum atomic E-state index is -0.243. The van der Waals surface area contributed by atoms with Crippen LogP contribution in [0.15, 0.2) is 29.1 Å². The summed E-state index contributed by atoms with van der Waals surface area (Å²) in [5.74, 6) is -0.344. The van der Waals surface area contributed by atoms with Crippen LogP contribution in [0.3, 0.4) is 0 Å². The van der Waals surface area contributed by atoms with Gasteiger partial charge >= 0.3 is 0 Å². The number of hydrogen-bond donors (Lipinski definition) is 2. The van der Waals surface area contributed by atoms with Crippen LogP contribution in [-0.2, 0) is 11.3 Å². The Kier molecular flexibility index (Phi) is 3.98. The Balaban J connectivity index is 1.84. The fraction of sp³-hybridized carbons (Fsp3) is 0.412. The Bertz CT molecular complexity index is 766. The monoisotopic (exact) mass is 299 g/mol. The standard InChI is InChI=1S/C17H21N3O2/c1-11-4-5-12-8-14(17(22)19-15(12)7-11)10-20-6-2-3-13(9-20)16(18)21/h4-5,7-8,13H,2-3,6,9-10H2,1H3,(H2,18,21)(H,19,22)/t13-/m0/s1. The second kappa shape index (κ2) is 5.93. The summed E-state index contributed by atoms with van der Waals surface area (Å²) < 4.78 is 0. The second-order valence-corrected chi connectivity index (χ2v) is 6.19. The fourth-order valence-corrected chi connectivity index (χ4v) is 3.15. The van der Waals surface area contributed by atoms with Gasteiger partial charge in [-0.3, -0.25) is 14.5 Å². The molecule has 0 aliphatic carbocycles. The van der Waals surface area contributed by atoms with E-state index in [1.807, 2.05) is 31.2 Å². The molecule has 0 unspecified atom stereocenters. The summed E-state index contributed by atoms with van der Waals surface area (Å²) >= 11 is 0. The molecular formula is C17H21N3O2. The van der Waals surface area contributed by atoms with Gasteiger partial charge in [-0.05, 0) is 49.4 Å². The maximum atomic E-state index is 12.3. The van der Waals surface area contributed by atoms with E-state index in [-0.39, 0.29) is 17.4 Å². The highest BCUT2D eigenvalue weighted by molar-refractivity contribution is 5.79. The molecule has 1 amide bonds. The Morgan fingerprint density at radius 3 is 3.00 bits per heavy atom. The van der Waals surface area contributed by atoms with E-state index < -0.39 is 0 Å². The third kappa shape index (κ3) is 3.04. The van der Waals surface area contributed by atoms with Crippen LogP contribution in [0.25, 0.3) is 10.9 Å². The number of nitrogens with two attached hydrogens (primary N) is 1. The van der Waals surface area contributed by atoms with E-state index in [1.54, 1.807) is 0 Å². The summed E-state index contributed by atoms with van der Waals surface area (Å²) in [6.07, 6.45) is 1.79. The van der Waals surface area contributed by atoms with Gasteiger partial charge in [-0.2, -0.15) is 0 Å². The Hall–Kier alpha value is -2.14. The SMILES string of the molecule is Cc1ccc2cc(CN3CCC[C@H](C(N)=O)C3)c(=O)[nH]c2c1. The minimum absolute atomic E-state index is 0.0562. The van der Waals surface area contributed by atoms with Crippen molar-refractivity contribution >= 4 is 16.8 Å². The molecule has 1 saturated heterocycles. The van der Waals surface area contributed by atoms with Gasteiger partial charge in [0, 0.05) is 24.2 Å². The molecule has 0 saturated carbocycles. The number of rotatable bonds is 3. The van der Waals surface area contributed by atoms with Gasteiger partial charge in [0.2, 0.25) is 5.91 Å². The number of nitrogens with zero attached hydrogens (tertiary/aromatic N) is 1. The molecule has 1 atom stereocenters. The molecule has 116 valence electrons. The molecule has 0 radical (unpaired) electrons. The van der Waals surface area contributed by atoms with E-state index in [4.69, 9.17) is 5.73 Å². The van der Waals surface area contributed by atoms with Crippen LogP contribution in [0, 0.1) is 12.8 Å². The average Bonchev–Trinajstić information content (AvgIpc) is 2.48. The van der Waals surface area contributed by atoms with E-state index in [2.05, 4.69) is 9.88 Å². The van der Waals surface area contributed by atoms with Gasteiger partial charge in [0.1, 0.15) is 0 Å². The number of likely N-dealkylation sites (tertiary alicyclic amines) is 1. The lowest BCUT2D eigenvalue weighted by atomic mass is 9.97. The summed E-state index contributed by atoms with van der Waals surface area (Å²) in [6, 6.07) is 7.98. The number of amides is 1. The molecule has 0 bridgehead atoms. The predicted octanol–water partition coefficient (Wildman–Crippen LogP) is 1.53. The van der Waals surface area contributed by atoms with Crippen molar-refractivity contribution in [1.29, 1.82) is 0 Å². The van der Waals surface area contributed by atoms with Gasteiger partial charge in [-0.15, -0.1) is 0 Å². The maximum absolute atomic E-state index is 12.3. The fourth-order valence-electron chi connectivity index (χ4n) is 3.15. The van der Waals surface area contributed by atoms with Crippen molar-refractivity contribution in [2.75, 3.05) is 13.1 Å². The highest BCUT2D eigenvalue weighted by Gasteiger charge is 2.24. The zero-order chi connectivity index (χ0) is 15.7. The van der Waals surface area contributed by atoms with E-state index in [0.717, 1.165) is 41.4 Å². The van der Waals surface area contributed by atoms with Crippen LogP contribution in [0.2, 0.25) is 0 Å². The zero-order valence-electron chi connectivity index (χ0n) is 12.8. The van der Waals surface area contributed by atoms with Crippen molar-refractivity contribution in [1.82, 2.24) is 9.88 Å². The first-order valence-corrected chi connectivity index (χ1v) is 7.67. The first-order chi connectivity index (χ1) is 10.5. The molecule has 1 aliphatic rings. The van der Waals surface area contributed by atoms with Crippen LogP contribution in [-0.4, -0.2) is 28.9 Å². The molecule has 22 heavy (non-hydrogen) atoms. The first kappa shape index (κ1) is 14.8. The quantitative estimate of drug-likeness (QED) is 0.902. The summed E-state index contributed by atoms with van der Waals surface area (Å²) in [5.41, 5.74) is 8.07. The number of aromatic amines is 1. The summed E-state index contributed by atoms with van der Waals surface area (Å²) in [5, 5.41) is 1.03. The molecule has 2 aromatic rings. The van der Waals surface area contributed by atoms with Crippen LogP contribution >= 0.6 is 0 Å². The number of primary amides is 1. The van der Waals surface area contributed by atoms with Crippen molar-refractivity contribution in [2.24, 2.45) is 11.7 Å². The smallest absolute Gasteiger partial charge is 0.252 e. The zero-order valence-corrected chi connectivity index (χ0v) is 12.8. The van der Waals surface area contributed by atoms with E-state index in [0.29, 0.717) is 13.1 Å². The van der Waals surface area contributed by atoms with Gasteiger partial charge in [0.25, 0.3) is 5.56 Å². The predicted molar refractivity (Wildman–Crippen MR) is 86.5 cm³/mol. The van der Waals surface area contributed by atoms with Gasteiger partial charge in [0.05, 0.1) is 5.92 Å². The lowest BCUT2D eigenvalue weighted by molar-refractivity contribution is -0.123. The number of piperidine rings is 1. The molecule has 1 aromatic carbocycles. The molecule has 5 nitrogen and oxygen atoms in total. The molecule has 1 fully saturated rings. The highest BCUT2D eigenvalue weighted by Crippen LogP contribution is 2.19. The topological polar surface area (TPSA) is 79.2 Å². The van der Waals surface area contributed by atoms with E-state index in [1.165, 1.54) is 0 Å². The maximum Gasteiger partial charge on any atom is 0.252 e. The molecule has 5 heteroatoms. The summed E-state index contributed by atoms with van der Waals surface area (Å²) in [4.78, 5) is 28.7. The average molecular weight is 299 g/mol. The minimum Gasteiger partial charge on any atom is -0.369 e. The lowest BCUT2D eigenvalue weighted by Crippen LogP contribution is -2.41. The summed E-state index contributed by atoms with van der Waals surface area (Å²) in [6.45, 7) is 4.10. The Morgan fingerprint density at radius 1 is 1.41 bits per heavy atom. The third-order valence-corrected chi connectivity index (χ3v) is 4.38. The van der Waals surface area contributed by atoms with Crippen LogP contribution in [0.4, 0.5) is 0 Å². The van der Waals surface area contributed by atoms with Crippen molar-refractivity contribution in [2.45, 2.75) is 26.3 Å². The van der Waals surface area contributed by atoms with Crippen LogP contribution in [0.5, 0.6) is 0 Å². The van der Waals surface area contributed by atoms with Crippen molar-refractivity contribution in [3.63, 3.8) is 0 Å². The molecule has 1 aromatic heterocycles. The number of carbonyl (C=O) groups is 1. The number of carbonyl (C=O) groups excluding carboxylic acids is 1. The van der Waals surface area contributed by atoms with Crippen molar-refractivity contribution in [3.8, 4) is 0 Å². The third-order valence-electron chi connectivity index (χ3n) is 4.38. The van der Waals surface area contributed by atoms with Gasteiger partial charge < -0.3 is 10.7 Å². The van der Waals surface area contributed by atoms with Crippen molar-refractivity contribution in [3.05, 3.63) is 45.7 Å². The van der Waals surface area contributed by atoms with E-state index in [9.17, 15) is 9.59 Å². The van der Waals surface area contributed by atoms with Crippen molar-refractivity contribution < 1.29 is 4.79 Å². The number of H-pyrrole nitrogens is 1. The number of fused-ring (bicyclic) bond motifs is 1. The number of aromatic nitrogens is 1. The number of hydrogen-bond acceptors (Lipinski definition) is 3. The first-order valence-electron chi connectivity index (χ1n) is 7.67. The largest absolute Gasteiger partial charge is 0.369 e. The second-order valence-electron chi connectivity index (χ2n) is 6.19. The van der Waals surface area contributed by atoms with Gasteiger partial charge in [0.15, 0.2) is 0 Å². The van der Waals surface area contributed by atoms with Gasteiger partial charge in [-0.1, -0.05) is 12.1 Å². The van der Waals surface area contributed by atoms with E-state index >= 15 is 0 Å². The number of aryl methyl sites for hydroxylation is 1. The molecule has 0 spiro atoms. The molecule has 2 heterocycles. The summed E-state index contributed by atoms with van der Waals surface area (Å²) in [7, 11) is 0. The lowest BCUT2D eigenvalue weighted by Gasteiger charge is -2.30.